The quantitative estimate of drug-likeness (QED) is 0.764. The van der Waals surface area contributed by atoms with Crippen molar-refractivity contribution in [2.75, 3.05) is 46.4 Å². The lowest BCUT2D eigenvalue weighted by Crippen LogP contribution is -2.50. The summed E-state index contributed by atoms with van der Waals surface area (Å²) in [5.74, 6) is -0.0850. The molecule has 25 heavy (non-hydrogen) atoms. The van der Waals surface area contributed by atoms with E-state index < -0.39 is 5.79 Å². The third-order valence-corrected chi connectivity index (χ3v) is 6.76. The van der Waals surface area contributed by atoms with Gasteiger partial charge in [0.15, 0.2) is 5.79 Å². The van der Waals surface area contributed by atoms with E-state index >= 15 is 0 Å². The molecule has 0 saturated carbocycles. The molecule has 0 N–H and O–H groups in total. The number of rotatable bonds is 3. The molecule has 1 aromatic carbocycles. The molecule has 138 valence electrons. The van der Waals surface area contributed by atoms with E-state index in [0.717, 1.165) is 23.4 Å². The van der Waals surface area contributed by atoms with Crippen molar-refractivity contribution in [1.82, 2.24) is 9.80 Å². The van der Waals surface area contributed by atoms with Gasteiger partial charge in [-0.05, 0) is 71.0 Å². The Labute approximate surface area is 159 Å². The van der Waals surface area contributed by atoms with Crippen molar-refractivity contribution >= 4 is 15.9 Å². The first-order chi connectivity index (χ1) is 12.2. The summed E-state index contributed by atoms with van der Waals surface area (Å²) in [7, 11) is 2.24. The van der Waals surface area contributed by atoms with E-state index in [1.54, 1.807) is 0 Å². The Hall–Kier alpha value is -0.460. The van der Waals surface area contributed by atoms with Crippen LogP contribution in [0.15, 0.2) is 28.7 Å². The van der Waals surface area contributed by atoms with Crippen molar-refractivity contribution in [2.24, 2.45) is 5.92 Å². The summed E-state index contributed by atoms with van der Waals surface area (Å²) in [5, 5.41) is 0. The zero-order chi connectivity index (χ0) is 17.3. The number of ether oxygens (including phenoxy) is 2. The van der Waals surface area contributed by atoms with Gasteiger partial charge in [-0.15, -0.1) is 0 Å². The molecule has 1 aromatic rings. The second kappa shape index (κ2) is 7.65. The summed E-state index contributed by atoms with van der Waals surface area (Å²) >= 11 is 3.53. The lowest BCUT2D eigenvalue weighted by atomic mass is 9.83. The zero-order valence-electron chi connectivity index (χ0n) is 15.1. The molecule has 3 aliphatic rings. The molecule has 3 saturated heterocycles. The number of likely N-dealkylation sites (tertiary alicyclic amines) is 2. The lowest BCUT2D eigenvalue weighted by molar-refractivity contribution is -0.215. The van der Waals surface area contributed by atoms with Crippen molar-refractivity contribution < 1.29 is 9.47 Å². The largest absolute Gasteiger partial charge is 0.343 e. The maximum Gasteiger partial charge on any atom is 0.197 e. The standard InChI is InChI=1S/C20H29BrN2O2/c1-22-10-8-19(9-11-22)23-12-6-17(7-13-23)20(24-14-15-25-20)16-2-4-18(21)5-3-16/h2-5,17,19H,6-15H2,1H3. The van der Waals surface area contributed by atoms with E-state index in [1.807, 2.05) is 0 Å². The maximum absolute atomic E-state index is 6.24. The van der Waals surface area contributed by atoms with Crippen LogP contribution in [0.25, 0.3) is 0 Å². The Morgan fingerprint density at radius 3 is 2.12 bits per heavy atom. The molecule has 0 atom stereocenters. The summed E-state index contributed by atoms with van der Waals surface area (Å²) in [6, 6.07) is 9.26. The first-order valence-electron chi connectivity index (χ1n) is 9.64. The van der Waals surface area contributed by atoms with Crippen molar-refractivity contribution in [1.29, 1.82) is 0 Å². The van der Waals surface area contributed by atoms with Crippen LogP contribution in [-0.2, 0) is 15.3 Å². The second-order valence-corrected chi connectivity index (χ2v) is 8.63. The Kier molecular flexibility index (Phi) is 5.49. The highest BCUT2D eigenvalue weighted by molar-refractivity contribution is 9.10. The molecule has 0 aromatic heterocycles. The van der Waals surface area contributed by atoms with Crippen molar-refractivity contribution in [2.45, 2.75) is 37.5 Å². The fourth-order valence-electron chi connectivity index (χ4n) is 4.75. The fraction of sp³-hybridized carbons (Fsp3) is 0.700. The van der Waals surface area contributed by atoms with Gasteiger partial charge in [-0.3, -0.25) is 0 Å². The summed E-state index contributed by atoms with van der Waals surface area (Å²) in [4.78, 5) is 5.17. The molecular weight excluding hydrogens is 380 g/mol. The third-order valence-electron chi connectivity index (χ3n) is 6.23. The molecule has 0 unspecified atom stereocenters. The number of hydrogen-bond acceptors (Lipinski definition) is 4. The van der Waals surface area contributed by atoms with Crippen molar-refractivity contribution in [3.8, 4) is 0 Å². The maximum atomic E-state index is 6.24. The molecule has 0 aliphatic carbocycles. The van der Waals surface area contributed by atoms with Gasteiger partial charge < -0.3 is 19.3 Å². The summed E-state index contributed by atoms with van der Waals surface area (Å²) in [6.45, 7) is 6.21. The van der Waals surface area contributed by atoms with Crippen LogP contribution in [0.4, 0.5) is 0 Å². The Balaban J connectivity index is 1.43. The highest BCUT2D eigenvalue weighted by Gasteiger charge is 2.47. The molecule has 0 radical (unpaired) electrons. The molecule has 4 rings (SSSR count). The topological polar surface area (TPSA) is 24.9 Å². The van der Waals surface area contributed by atoms with Crippen LogP contribution in [0.2, 0.25) is 0 Å². The number of halogens is 1. The smallest absolute Gasteiger partial charge is 0.197 e. The summed E-state index contributed by atoms with van der Waals surface area (Å²) in [5.41, 5.74) is 1.17. The van der Waals surface area contributed by atoms with Gasteiger partial charge in [0.05, 0.1) is 13.2 Å². The third kappa shape index (κ3) is 3.67. The number of benzene rings is 1. The molecule has 5 heteroatoms. The number of nitrogens with zero attached hydrogens (tertiary/aromatic N) is 2. The van der Waals surface area contributed by atoms with E-state index in [0.29, 0.717) is 19.1 Å². The van der Waals surface area contributed by atoms with Crippen LogP contribution in [-0.4, -0.2) is 62.3 Å². The van der Waals surface area contributed by atoms with Gasteiger partial charge in [-0.2, -0.15) is 0 Å². The highest BCUT2D eigenvalue weighted by Crippen LogP contribution is 2.44. The molecule has 4 nitrogen and oxygen atoms in total. The van der Waals surface area contributed by atoms with Crippen LogP contribution < -0.4 is 0 Å². The molecule has 3 aliphatic heterocycles. The van der Waals surface area contributed by atoms with Crippen molar-refractivity contribution in [3.63, 3.8) is 0 Å². The number of piperidine rings is 2. The predicted molar refractivity (Wildman–Crippen MR) is 103 cm³/mol. The first kappa shape index (κ1) is 17.9. The van der Waals surface area contributed by atoms with Gasteiger partial charge in [0.25, 0.3) is 0 Å². The van der Waals surface area contributed by atoms with Gasteiger partial charge >= 0.3 is 0 Å². The van der Waals surface area contributed by atoms with Crippen molar-refractivity contribution in [3.05, 3.63) is 34.3 Å². The van der Waals surface area contributed by atoms with Crippen LogP contribution in [0.3, 0.4) is 0 Å². The molecule has 3 heterocycles. The average molecular weight is 409 g/mol. The minimum atomic E-state index is -0.528. The van der Waals surface area contributed by atoms with Gasteiger partial charge in [0.1, 0.15) is 0 Å². The van der Waals surface area contributed by atoms with Gasteiger partial charge in [-0.25, -0.2) is 0 Å². The average Bonchev–Trinajstić information content (AvgIpc) is 3.14. The summed E-state index contributed by atoms with van der Waals surface area (Å²) in [6.07, 6.45) is 4.93. The fourth-order valence-corrected chi connectivity index (χ4v) is 5.02. The molecular formula is C20H29BrN2O2. The number of hydrogen-bond donors (Lipinski definition) is 0. The SMILES string of the molecule is CN1CCC(N2CCC(C3(c4ccc(Br)cc4)OCCO3)CC2)CC1. The summed E-state index contributed by atoms with van der Waals surface area (Å²) < 4.78 is 13.6. The van der Waals surface area contributed by atoms with Crippen LogP contribution in [0, 0.1) is 5.92 Å². The molecule has 0 spiro atoms. The molecule has 0 amide bonds. The van der Waals surface area contributed by atoms with E-state index in [1.165, 1.54) is 44.6 Å². The van der Waals surface area contributed by atoms with Crippen LogP contribution in [0.1, 0.15) is 31.2 Å². The second-order valence-electron chi connectivity index (χ2n) is 7.72. The van der Waals surface area contributed by atoms with E-state index in [4.69, 9.17) is 9.47 Å². The van der Waals surface area contributed by atoms with Gasteiger partial charge in [-0.1, -0.05) is 28.1 Å². The van der Waals surface area contributed by atoms with Crippen LogP contribution >= 0.6 is 15.9 Å². The zero-order valence-corrected chi connectivity index (χ0v) is 16.7. The van der Waals surface area contributed by atoms with Gasteiger partial charge in [0, 0.05) is 22.0 Å². The first-order valence-corrected chi connectivity index (χ1v) is 10.4. The highest BCUT2D eigenvalue weighted by atomic mass is 79.9. The Bertz CT molecular complexity index is 558. The van der Waals surface area contributed by atoms with E-state index in [-0.39, 0.29) is 0 Å². The predicted octanol–water partition coefficient (Wildman–Crippen LogP) is 3.45. The van der Waals surface area contributed by atoms with E-state index in [2.05, 4.69) is 57.0 Å². The minimum Gasteiger partial charge on any atom is -0.343 e. The monoisotopic (exact) mass is 408 g/mol. The molecule has 0 bridgehead atoms. The van der Waals surface area contributed by atoms with E-state index in [9.17, 15) is 0 Å². The normalized spacial score (nSPS) is 27.0. The Morgan fingerprint density at radius 2 is 1.52 bits per heavy atom. The minimum absolute atomic E-state index is 0.443. The van der Waals surface area contributed by atoms with Crippen LogP contribution in [0.5, 0.6) is 0 Å². The van der Waals surface area contributed by atoms with Gasteiger partial charge in [0.2, 0.25) is 0 Å². The molecule has 3 fully saturated rings. The lowest BCUT2D eigenvalue weighted by Gasteiger charge is -2.45. The Morgan fingerprint density at radius 1 is 0.920 bits per heavy atom.